The van der Waals surface area contributed by atoms with Crippen molar-refractivity contribution in [2.24, 2.45) is 0 Å². The van der Waals surface area contributed by atoms with Crippen molar-refractivity contribution in [1.29, 1.82) is 0 Å². The van der Waals surface area contributed by atoms with Gasteiger partial charge in [0, 0.05) is 32.0 Å². The van der Waals surface area contributed by atoms with Gasteiger partial charge in [0.05, 0.1) is 0 Å². The van der Waals surface area contributed by atoms with Gasteiger partial charge in [0.1, 0.15) is 0 Å². The van der Waals surface area contributed by atoms with Crippen LogP contribution in [0.5, 0.6) is 0 Å². The summed E-state index contributed by atoms with van der Waals surface area (Å²) in [6, 6.07) is 11.5. The molecule has 0 saturated carbocycles. The van der Waals surface area contributed by atoms with Gasteiger partial charge in [0.2, 0.25) is 0 Å². The summed E-state index contributed by atoms with van der Waals surface area (Å²) in [6.45, 7) is 0. The van der Waals surface area contributed by atoms with E-state index in [2.05, 4.69) is 12.1 Å². The molecule has 4 aromatic rings. The number of halogens is 2. The van der Waals surface area contributed by atoms with Crippen molar-refractivity contribution >= 4 is 33.4 Å². The van der Waals surface area contributed by atoms with Gasteiger partial charge in [-0.05, 0) is 34.0 Å². The Kier molecular flexibility index (Phi) is 1.82. The summed E-state index contributed by atoms with van der Waals surface area (Å²) in [5.74, 6) is 0. The minimum atomic E-state index is -0.145. The molecule has 0 fully saturated rings. The summed E-state index contributed by atoms with van der Waals surface area (Å²) >= 11 is 2.41. The Balaban J connectivity index is 1.84. The maximum atomic E-state index is 13.6. The van der Waals surface area contributed by atoms with Crippen molar-refractivity contribution in [3.05, 3.63) is 46.7 Å². The highest BCUT2D eigenvalue weighted by atomic mass is 32.1. The zero-order chi connectivity index (χ0) is 14.6. The summed E-state index contributed by atoms with van der Waals surface area (Å²) < 4.78 is 27.3. The topological polar surface area (TPSA) is 0 Å². The first kappa shape index (κ1) is 11.5. The normalized spacial score (nSPS) is 13.0. The highest BCUT2D eigenvalue weighted by Crippen LogP contribution is 2.58. The molecule has 0 nitrogen and oxygen atoms in total. The molecule has 2 aliphatic carbocycles. The van der Waals surface area contributed by atoms with Crippen molar-refractivity contribution in [2.45, 2.75) is 0 Å². The van der Waals surface area contributed by atoms with E-state index in [4.69, 9.17) is 0 Å². The lowest BCUT2D eigenvalue weighted by Crippen LogP contribution is -1.79. The fraction of sp³-hybridized carbons (Fsp3) is 0. The molecule has 2 aromatic heterocycles. The summed E-state index contributed by atoms with van der Waals surface area (Å²) in [5, 5.41) is 2.10. The number of fused-ring (bicyclic) bond motifs is 6. The van der Waals surface area contributed by atoms with E-state index < -0.39 is 0 Å². The fourth-order valence-corrected chi connectivity index (χ4v) is 5.71. The van der Waals surface area contributed by atoms with Crippen LogP contribution in [-0.2, 0) is 0 Å². The van der Waals surface area contributed by atoms with Gasteiger partial charge in [-0.1, -0.05) is 24.3 Å². The predicted octanol–water partition coefficient (Wildman–Crippen LogP) is 6.54. The van der Waals surface area contributed by atoms with Crippen molar-refractivity contribution in [3.8, 4) is 43.1 Å². The van der Waals surface area contributed by atoms with Crippen LogP contribution in [0, 0.1) is 10.3 Å². The molecule has 0 radical (unpaired) electrons. The molecular weight excluding hydrogens is 318 g/mol. The standard InChI is InChI=1S/C18H6F2S2/c19-13-5-11-7-1-2-8-12-6-14(20)22-18(12)10-4-3-9(17(11)21-13)15(7)16(8)10/h1-6H. The first-order valence-corrected chi connectivity index (χ1v) is 8.55. The van der Waals surface area contributed by atoms with Crippen molar-refractivity contribution < 1.29 is 8.78 Å². The lowest BCUT2D eigenvalue weighted by molar-refractivity contribution is 0.657. The summed E-state index contributed by atoms with van der Waals surface area (Å²) in [6.07, 6.45) is 0. The minimum absolute atomic E-state index is 0.145. The van der Waals surface area contributed by atoms with Gasteiger partial charge in [-0.2, -0.15) is 8.78 Å². The Bertz CT molecular complexity index is 975. The fourth-order valence-electron chi connectivity index (χ4n) is 3.85. The number of hydrogen-bond acceptors (Lipinski definition) is 2. The molecule has 2 aromatic carbocycles. The Morgan fingerprint density at radius 2 is 0.955 bits per heavy atom. The quantitative estimate of drug-likeness (QED) is 0.298. The lowest BCUT2D eigenvalue weighted by atomic mass is 9.98. The van der Waals surface area contributed by atoms with Crippen LogP contribution in [0.1, 0.15) is 0 Å². The molecule has 104 valence electrons. The van der Waals surface area contributed by atoms with Crippen LogP contribution in [0.2, 0.25) is 0 Å². The average Bonchev–Trinajstić information content (AvgIpc) is 3.19. The van der Waals surface area contributed by atoms with E-state index in [1.54, 1.807) is 12.1 Å². The number of rotatable bonds is 0. The second kappa shape index (κ2) is 3.47. The van der Waals surface area contributed by atoms with Crippen molar-refractivity contribution in [2.75, 3.05) is 0 Å². The first-order valence-electron chi connectivity index (χ1n) is 6.92. The van der Waals surface area contributed by atoms with Gasteiger partial charge in [-0.3, -0.25) is 0 Å². The molecule has 0 atom stereocenters. The van der Waals surface area contributed by atoms with E-state index in [0.29, 0.717) is 0 Å². The summed E-state index contributed by atoms with van der Waals surface area (Å²) in [7, 11) is 0. The van der Waals surface area contributed by atoms with E-state index in [1.807, 2.05) is 12.1 Å². The minimum Gasteiger partial charge on any atom is -0.195 e. The molecule has 0 saturated heterocycles. The second-order valence-electron chi connectivity index (χ2n) is 5.66. The molecule has 2 heterocycles. The maximum absolute atomic E-state index is 13.6. The Morgan fingerprint density at radius 1 is 0.545 bits per heavy atom. The Labute approximate surface area is 132 Å². The number of hydrogen-bond donors (Lipinski definition) is 0. The molecule has 6 rings (SSSR count). The maximum Gasteiger partial charge on any atom is 0.177 e. The number of benzene rings is 2. The molecule has 2 aliphatic rings. The third-order valence-corrected chi connectivity index (χ3v) is 6.55. The zero-order valence-electron chi connectivity index (χ0n) is 11.0. The molecule has 4 heteroatoms. The van der Waals surface area contributed by atoms with Crippen molar-refractivity contribution in [1.82, 2.24) is 0 Å². The Morgan fingerprint density at radius 3 is 1.41 bits per heavy atom. The third kappa shape index (κ3) is 1.12. The van der Waals surface area contributed by atoms with Crippen LogP contribution < -0.4 is 0 Å². The van der Waals surface area contributed by atoms with Crippen LogP contribution >= 0.6 is 22.7 Å². The molecule has 0 aliphatic heterocycles. The van der Waals surface area contributed by atoms with Crippen LogP contribution in [0.15, 0.2) is 36.4 Å². The van der Waals surface area contributed by atoms with Crippen molar-refractivity contribution in [3.63, 3.8) is 0 Å². The van der Waals surface area contributed by atoms with Gasteiger partial charge >= 0.3 is 0 Å². The molecular formula is C18H6F2S2. The van der Waals surface area contributed by atoms with Crippen LogP contribution in [-0.4, -0.2) is 0 Å². The molecule has 0 bridgehead atoms. The molecule has 0 spiro atoms. The summed E-state index contributed by atoms with van der Waals surface area (Å²) in [4.78, 5) is 2.02. The van der Waals surface area contributed by atoms with Crippen LogP contribution in [0.4, 0.5) is 8.78 Å². The van der Waals surface area contributed by atoms with E-state index in [1.165, 1.54) is 33.4 Å². The van der Waals surface area contributed by atoms with Gasteiger partial charge < -0.3 is 0 Å². The smallest absolute Gasteiger partial charge is 0.177 e. The number of thiophene rings is 2. The Hall–Kier alpha value is -2.04. The predicted molar refractivity (Wildman–Crippen MR) is 88.5 cm³/mol. The highest BCUT2D eigenvalue weighted by Gasteiger charge is 2.31. The van der Waals surface area contributed by atoms with Crippen LogP contribution in [0.25, 0.3) is 53.9 Å². The second-order valence-corrected chi connectivity index (χ2v) is 7.66. The first-order chi connectivity index (χ1) is 10.7. The van der Waals surface area contributed by atoms with E-state index in [-0.39, 0.29) is 10.3 Å². The molecule has 0 unspecified atom stereocenters. The van der Waals surface area contributed by atoms with Crippen LogP contribution in [0.3, 0.4) is 0 Å². The highest BCUT2D eigenvalue weighted by molar-refractivity contribution is 7.15. The largest absolute Gasteiger partial charge is 0.195 e. The van der Waals surface area contributed by atoms with E-state index in [9.17, 15) is 8.78 Å². The van der Waals surface area contributed by atoms with Gasteiger partial charge in [-0.15, -0.1) is 22.7 Å². The van der Waals surface area contributed by atoms with E-state index >= 15 is 0 Å². The zero-order valence-corrected chi connectivity index (χ0v) is 12.7. The SMILES string of the molecule is Fc1cc2c(s1)-c1ccc3c4c(ccc-2c14)-c1cc(F)sc1-3. The van der Waals surface area contributed by atoms with Gasteiger partial charge in [0.15, 0.2) is 10.3 Å². The average molecular weight is 324 g/mol. The molecule has 0 amide bonds. The summed E-state index contributed by atoms with van der Waals surface area (Å²) in [5.41, 5.74) is 6.39. The monoisotopic (exact) mass is 324 g/mol. The molecule has 0 N–H and O–H groups in total. The molecule has 22 heavy (non-hydrogen) atoms. The third-order valence-electron chi connectivity index (χ3n) is 4.63. The van der Waals surface area contributed by atoms with Gasteiger partial charge in [-0.25, -0.2) is 0 Å². The van der Waals surface area contributed by atoms with E-state index in [0.717, 1.165) is 43.1 Å². The van der Waals surface area contributed by atoms with Gasteiger partial charge in [0.25, 0.3) is 0 Å². The lowest BCUT2D eigenvalue weighted by Gasteiger charge is -2.06.